The minimum atomic E-state index is -0.388. The zero-order chi connectivity index (χ0) is 14.5. The van der Waals surface area contributed by atoms with E-state index < -0.39 is 0 Å². The second kappa shape index (κ2) is 6.49. The van der Waals surface area contributed by atoms with Gasteiger partial charge in [0.1, 0.15) is 12.1 Å². The fourth-order valence-corrected chi connectivity index (χ4v) is 1.94. The summed E-state index contributed by atoms with van der Waals surface area (Å²) in [7, 11) is 1.70. The molecule has 0 fully saturated rings. The second-order valence-corrected chi connectivity index (χ2v) is 4.71. The number of halogens is 2. The summed E-state index contributed by atoms with van der Waals surface area (Å²) in [5.74, 6) is -0.317. The molecule has 2 aromatic rings. The van der Waals surface area contributed by atoms with Crippen LogP contribution < -0.4 is 5.32 Å². The van der Waals surface area contributed by atoms with E-state index in [1.165, 1.54) is 18.4 Å². The third-order valence-corrected chi connectivity index (χ3v) is 2.96. The Labute approximate surface area is 120 Å². The molecule has 0 unspecified atom stereocenters. The third kappa shape index (κ3) is 3.79. The van der Waals surface area contributed by atoms with Crippen LogP contribution in [-0.4, -0.2) is 29.6 Å². The van der Waals surface area contributed by atoms with Crippen LogP contribution in [0.4, 0.5) is 10.2 Å². The molecule has 7 heteroatoms. The molecule has 1 aromatic carbocycles. The summed E-state index contributed by atoms with van der Waals surface area (Å²) in [6.07, 6.45) is 1.36. The third-order valence-electron chi connectivity index (χ3n) is 2.61. The molecule has 0 aliphatic rings. The molecule has 1 N–H and O–H groups in total. The Morgan fingerprint density at radius 1 is 1.50 bits per heavy atom. The van der Waals surface area contributed by atoms with E-state index in [1.807, 2.05) is 0 Å². The van der Waals surface area contributed by atoms with E-state index in [9.17, 15) is 9.18 Å². The van der Waals surface area contributed by atoms with Gasteiger partial charge in [-0.05, 0) is 19.2 Å². The Kier molecular flexibility index (Phi) is 4.70. The van der Waals surface area contributed by atoms with Crippen molar-refractivity contribution in [3.63, 3.8) is 0 Å². The van der Waals surface area contributed by atoms with Gasteiger partial charge in [-0.3, -0.25) is 9.69 Å². The van der Waals surface area contributed by atoms with Crippen molar-refractivity contribution in [2.45, 2.75) is 6.54 Å². The first-order chi connectivity index (χ1) is 9.56. The van der Waals surface area contributed by atoms with Crippen LogP contribution >= 0.6 is 11.6 Å². The summed E-state index contributed by atoms with van der Waals surface area (Å²) in [6.45, 7) is 0.315. The van der Waals surface area contributed by atoms with Gasteiger partial charge in [0.2, 0.25) is 5.91 Å². The van der Waals surface area contributed by atoms with Gasteiger partial charge in [-0.15, -0.1) is 0 Å². The number of carbonyl (C=O) groups excluding carboxylic acids is 1. The molecule has 1 heterocycles. The molecule has 20 heavy (non-hydrogen) atoms. The number of benzene rings is 1. The maximum atomic E-state index is 13.6. The number of rotatable bonds is 5. The van der Waals surface area contributed by atoms with Gasteiger partial charge in [0.25, 0.3) is 0 Å². The summed E-state index contributed by atoms with van der Waals surface area (Å²) in [5.41, 5.74) is 0.367. The predicted octanol–water partition coefficient (Wildman–Crippen LogP) is 2.54. The SMILES string of the molecule is CN(CC(=O)Nc1ccon1)Cc1c(F)cccc1Cl. The van der Waals surface area contributed by atoms with Crippen molar-refractivity contribution in [1.82, 2.24) is 10.1 Å². The highest BCUT2D eigenvalue weighted by Gasteiger charge is 2.13. The van der Waals surface area contributed by atoms with Crippen LogP contribution in [0.1, 0.15) is 5.56 Å². The maximum absolute atomic E-state index is 13.6. The average molecular weight is 298 g/mol. The van der Waals surface area contributed by atoms with Crippen molar-refractivity contribution in [3.05, 3.63) is 46.9 Å². The first kappa shape index (κ1) is 14.5. The van der Waals surface area contributed by atoms with E-state index in [-0.39, 0.29) is 24.8 Å². The Morgan fingerprint density at radius 2 is 2.30 bits per heavy atom. The van der Waals surface area contributed by atoms with Gasteiger partial charge >= 0.3 is 0 Å². The van der Waals surface area contributed by atoms with Crippen molar-refractivity contribution in [2.75, 3.05) is 18.9 Å². The highest BCUT2D eigenvalue weighted by Crippen LogP contribution is 2.20. The normalized spacial score (nSPS) is 10.8. The van der Waals surface area contributed by atoms with E-state index >= 15 is 0 Å². The zero-order valence-corrected chi connectivity index (χ0v) is 11.5. The summed E-state index contributed by atoms with van der Waals surface area (Å²) in [4.78, 5) is 13.4. The van der Waals surface area contributed by atoms with E-state index in [0.29, 0.717) is 16.4 Å². The lowest BCUT2D eigenvalue weighted by atomic mass is 10.2. The monoisotopic (exact) mass is 297 g/mol. The maximum Gasteiger partial charge on any atom is 0.239 e. The van der Waals surface area contributed by atoms with Crippen molar-refractivity contribution >= 4 is 23.3 Å². The molecule has 1 aromatic heterocycles. The molecular formula is C13H13ClFN3O2. The minimum absolute atomic E-state index is 0.0809. The molecule has 0 atom stereocenters. The van der Waals surface area contributed by atoms with Gasteiger partial charge in [-0.25, -0.2) is 4.39 Å². The van der Waals surface area contributed by atoms with Crippen LogP contribution in [0, 0.1) is 5.82 Å². The lowest BCUT2D eigenvalue weighted by molar-refractivity contribution is -0.117. The summed E-state index contributed by atoms with van der Waals surface area (Å²) in [6, 6.07) is 6.03. The van der Waals surface area contributed by atoms with Crippen LogP contribution in [0.3, 0.4) is 0 Å². The first-order valence-corrected chi connectivity index (χ1v) is 6.25. The number of likely N-dealkylation sites (N-methyl/N-ethyl adjacent to an activating group) is 1. The fraction of sp³-hybridized carbons (Fsp3) is 0.231. The number of nitrogens with one attached hydrogen (secondary N) is 1. The number of anilines is 1. The lowest BCUT2D eigenvalue weighted by Crippen LogP contribution is -2.30. The highest BCUT2D eigenvalue weighted by molar-refractivity contribution is 6.31. The van der Waals surface area contributed by atoms with Crippen molar-refractivity contribution in [3.8, 4) is 0 Å². The van der Waals surface area contributed by atoms with Gasteiger partial charge in [-0.2, -0.15) is 0 Å². The van der Waals surface area contributed by atoms with Crippen LogP contribution in [0.25, 0.3) is 0 Å². The Hall–Kier alpha value is -1.92. The molecule has 0 aliphatic carbocycles. The first-order valence-electron chi connectivity index (χ1n) is 5.88. The average Bonchev–Trinajstić information content (AvgIpc) is 2.86. The zero-order valence-electron chi connectivity index (χ0n) is 10.8. The van der Waals surface area contributed by atoms with E-state index in [0.717, 1.165) is 0 Å². The van der Waals surface area contributed by atoms with Gasteiger partial charge < -0.3 is 9.84 Å². The Morgan fingerprint density at radius 3 is 2.95 bits per heavy atom. The smallest absolute Gasteiger partial charge is 0.239 e. The lowest BCUT2D eigenvalue weighted by Gasteiger charge is -2.17. The fourth-order valence-electron chi connectivity index (χ4n) is 1.71. The summed E-state index contributed by atoms with van der Waals surface area (Å²) < 4.78 is 18.2. The number of amides is 1. The number of hydrogen-bond donors (Lipinski definition) is 1. The summed E-state index contributed by atoms with van der Waals surface area (Å²) >= 11 is 5.94. The molecule has 0 bridgehead atoms. The standard InChI is InChI=1S/C13H13ClFN3O2/c1-18(7-9-10(14)3-2-4-11(9)15)8-13(19)16-12-5-6-20-17-12/h2-6H,7-8H2,1H3,(H,16,17,19). The van der Waals surface area contributed by atoms with Crippen LogP contribution in [0.5, 0.6) is 0 Å². The number of carbonyl (C=O) groups is 1. The van der Waals surface area contributed by atoms with Gasteiger partial charge in [0.05, 0.1) is 6.54 Å². The van der Waals surface area contributed by atoms with Crippen LogP contribution in [0.2, 0.25) is 5.02 Å². The topological polar surface area (TPSA) is 58.4 Å². The van der Waals surface area contributed by atoms with E-state index in [4.69, 9.17) is 11.6 Å². The molecule has 0 aliphatic heterocycles. The predicted molar refractivity (Wildman–Crippen MR) is 72.9 cm³/mol. The number of hydrogen-bond acceptors (Lipinski definition) is 4. The molecule has 0 spiro atoms. The molecular weight excluding hydrogens is 285 g/mol. The van der Waals surface area contributed by atoms with E-state index in [2.05, 4.69) is 15.0 Å². The summed E-state index contributed by atoms with van der Waals surface area (Å²) in [5, 5.41) is 6.47. The van der Waals surface area contributed by atoms with Crippen molar-refractivity contribution in [1.29, 1.82) is 0 Å². The Balaban J connectivity index is 1.92. The largest absolute Gasteiger partial charge is 0.363 e. The molecule has 0 saturated carbocycles. The van der Waals surface area contributed by atoms with Gasteiger partial charge in [0.15, 0.2) is 5.82 Å². The van der Waals surface area contributed by atoms with Crippen molar-refractivity contribution in [2.24, 2.45) is 0 Å². The van der Waals surface area contributed by atoms with Crippen molar-refractivity contribution < 1.29 is 13.7 Å². The Bertz CT molecular complexity index is 569. The quantitative estimate of drug-likeness (QED) is 0.921. The minimum Gasteiger partial charge on any atom is -0.363 e. The van der Waals surface area contributed by atoms with Crippen LogP contribution in [0.15, 0.2) is 35.1 Å². The number of aromatic nitrogens is 1. The molecule has 0 saturated heterocycles. The highest BCUT2D eigenvalue weighted by atomic mass is 35.5. The molecule has 106 valence electrons. The van der Waals surface area contributed by atoms with Gasteiger partial charge in [-0.1, -0.05) is 22.8 Å². The molecule has 2 rings (SSSR count). The van der Waals surface area contributed by atoms with E-state index in [1.54, 1.807) is 24.1 Å². The van der Waals surface area contributed by atoms with Gasteiger partial charge in [0, 0.05) is 23.2 Å². The molecule has 5 nitrogen and oxygen atoms in total. The number of nitrogens with zero attached hydrogens (tertiary/aromatic N) is 2. The van der Waals surface area contributed by atoms with Crippen LogP contribution in [-0.2, 0) is 11.3 Å². The molecule has 0 radical (unpaired) electrons. The second-order valence-electron chi connectivity index (χ2n) is 4.31. The molecule has 1 amide bonds.